The average Bonchev–Trinajstić information content (AvgIpc) is 3.28. The molecule has 1 aromatic carbocycles. The molecular weight excluding hydrogens is 258 g/mol. The summed E-state index contributed by atoms with van der Waals surface area (Å²) in [5.41, 5.74) is 1.38. The number of hydrogen-bond acceptors (Lipinski definition) is 2. The van der Waals surface area contributed by atoms with E-state index in [1.165, 1.54) is 44.3 Å². The van der Waals surface area contributed by atoms with Crippen molar-refractivity contribution >= 4 is 0 Å². The molecule has 2 nitrogen and oxygen atoms in total. The van der Waals surface area contributed by atoms with Crippen LogP contribution < -0.4 is 4.74 Å². The maximum Gasteiger partial charge on any atom is 0.119 e. The van der Waals surface area contributed by atoms with Crippen LogP contribution in [0.2, 0.25) is 0 Å². The monoisotopic (exact) mass is 287 g/mol. The number of aryl methyl sites for hydroxylation is 1. The standard InChI is InChI=1S/C19H29NO/c1-3-15-4-6-18(7-5-15)21-13-10-17-14-19(17)16-8-11-20(2)12-9-16/h4-7,16-17,19H,3,8-14H2,1-2H3. The van der Waals surface area contributed by atoms with Gasteiger partial charge in [0.05, 0.1) is 6.61 Å². The lowest BCUT2D eigenvalue weighted by molar-refractivity contribution is 0.196. The second-order valence-corrected chi connectivity index (χ2v) is 6.93. The molecule has 1 heterocycles. The summed E-state index contributed by atoms with van der Waals surface area (Å²) in [5.74, 6) is 3.97. The summed E-state index contributed by atoms with van der Waals surface area (Å²) in [6, 6.07) is 8.57. The van der Waals surface area contributed by atoms with E-state index in [0.717, 1.165) is 36.5 Å². The molecule has 0 amide bonds. The Hall–Kier alpha value is -1.02. The lowest BCUT2D eigenvalue weighted by atomic mass is 9.91. The molecule has 1 saturated carbocycles. The molecule has 1 aliphatic heterocycles. The van der Waals surface area contributed by atoms with Crippen LogP contribution in [0, 0.1) is 17.8 Å². The van der Waals surface area contributed by atoms with Gasteiger partial charge in [-0.2, -0.15) is 0 Å². The summed E-state index contributed by atoms with van der Waals surface area (Å²) in [4.78, 5) is 2.47. The molecule has 3 rings (SSSR count). The van der Waals surface area contributed by atoms with Crippen LogP contribution in [0.25, 0.3) is 0 Å². The molecule has 2 fully saturated rings. The number of hydrogen-bond donors (Lipinski definition) is 0. The van der Waals surface area contributed by atoms with Crippen molar-refractivity contribution in [2.24, 2.45) is 17.8 Å². The summed E-state index contributed by atoms with van der Waals surface area (Å²) >= 11 is 0. The van der Waals surface area contributed by atoms with E-state index in [4.69, 9.17) is 4.74 Å². The first kappa shape index (κ1) is 14.9. The van der Waals surface area contributed by atoms with Crippen molar-refractivity contribution in [2.75, 3.05) is 26.7 Å². The van der Waals surface area contributed by atoms with E-state index in [-0.39, 0.29) is 0 Å². The Morgan fingerprint density at radius 3 is 2.52 bits per heavy atom. The number of rotatable bonds is 6. The zero-order chi connectivity index (χ0) is 14.7. The molecule has 0 spiro atoms. The van der Waals surface area contributed by atoms with Crippen molar-refractivity contribution in [3.8, 4) is 5.75 Å². The highest BCUT2D eigenvalue weighted by atomic mass is 16.5. The molecule has 21 heavy (non-hydrogen) atoms. The first-order chi connectivity index (χ1) is 10.3. The molecule has 116 valence electrons. The minimum absolute atomic E-state index is 0.888. The minimum Gasteiger partial charge on any atom is -0.494 e. The molecule has 0 radical (unpaired) electrons. The molecule has 0 bridgehead atoms. The van der Waals surface area contributed by atoms with Crippen LogP contribution in [0.5, 0.6) is 5.75 Å². The Labute approximate surface area is 129 Å². The fraction of sp³-hybridized carbons (Fsp3) is 0.684. The lowest BCUT2D eigenvalue weighted by Crippen LogP contribution is -2.31. The van der Waals surface area contributed by atoms with E-state index in [2.05, 4.69) is 43.1 Å². The van der Waals surface area contributed by atoms with Gasteiger partial charge in [0.2, 0.25) is 0 Å². The number of likely N-dealkylation sites (tertiary alicyclic amines) is 1. The second kappa shape index (κ2) is 6.83. The smallest absolute Gasteiger partial charge is 0.119 e. The predicted octanol–water partition coefficient (Wildman–Crippen LogP) is 4.00. The third-order valence-electron chi connectivity index (χ3n) is 5.43. The molecule has 2 heteroatoms. The van der Waals surface area contributed by atoms with Gasteiger partial charge in [0, 0.05) is 0 Å². The van der Waals surface area contributed by atoms with Crippen LogP contribution in [0.3, 0.4) is 0 Å². The zero-order valence-corrected chi connectivity index (χ0v) is 13.6. The van der Waals surface area contributed by atoms with Crippen molar-refractivity contribution < 1.29 is 4.74 Å². The molecule has 1 aromatic rings. The van der Waals surface area contributed by atoms with Crippen molar-refractivity contribution in [3.05, 3.63) is 29.8 Å². The van der Waals surface area contributed by atoms with Gasteiger partial charge < -0.3 is 9.64 Å². The topological polar surface area (TPSA) is 12.5 Å². The van der Waals surface area contributed by atoms with Gasteiger partial charge in [-0.05, 0) is 87.7 Å². The summed E-state index contributed by atoms with van der Waals surface area (Å²) in [6.07, 6.45) is 6.62. The number of piperidine rings is 1. The summed E-state index contributed by atoms with van der Waals surface area (Å²) < 4.78 is 5.90. The van der Waals surface area contributed by atoms with E-state index < -0.39 is 0 Å². The molecule has 2 unspecified atom stereocenters. The third-order valence-corrected chi connectivity index (χ3v) is 5.43. The zero-order valence-electron chi connectivity index (χ0n) is 13.6. The largest absolute Gasteiger partial charge is 0.494 e. The van der Waals surface area contributed by atoms with Gasteiger partial charge in [-0.15, -0.1) is 0 Å². The highest BCUT2D eigenvalue weighted by molar-refractivity contribution is 5.27. The SMILES string of the molecule is CCc1ccc(OCCC2CC2C2CCN(C)CC2)cc1. The van der Waals surface area contributed by atoms with Crippen LogP contribution in [0.4, 0.5) is 0 Å². The number of nitrogens with zero attached hydrogens (tertiary/aromatic N) is 1. The molecule has 0 N–H and O–H groups in total. The quantitative estimate of drug-likeness (QED) is 0.784. The van der Waals surface area contributed by atoms with Gasteiger partial charge in [-0.25, -0.2) is 0 Å². The van der Waals surface area contributed by atoms with Gasteiger partial charge in [-0.1, -0.05) is 19.1 Å². The van der Waals surface area contributed by atoms with Crippen molar-refractivity contribution in [1.82, 2.24) is 4.90 Å². The minimum atomic E-state index is 0.888. The van der Waals surface area contributed by atoms with Gasteiger partial charge in [-0.3, -0.25) is 0 Å². The van der Waals surface area contributed by atoms with Crippen LogP contribution in [0.15, 0.2) is 24.3 Å². The molecular formula is C19H29NO. The summed E-state index contributed by atoms with van der Waals surface area (Å²) in [5, 5.41) is 0. The van der Waals surface area contributed by atoms with Crippen LogP contribution in [-0.4, -0.2) is 31.6 Å². The highest BCUT2D eigenvalue weighted by Gasteiger charge is 2.42. The van der Waals surface area contributed by atoms with Gasteiger partial charge in [0.15, 0.2) is 0 Å². The molecule has 2 aliphatic rings. The fourth-order valence-electron chi connectivity index (χ4n) is 3.79. The molecule has 2 atom stereocenters. The first-order valence-corrected chi connectivity index (χ1v) is 8.66. The van der Waals surface area contributed by atoms with Crippen molar-refractivity contribution in [1.29, 1.82) is 0 Å². The van der Waals surface area contributed by atoms with Gasteiger partial charge in [0.25, 0.3) is 0 Å². The van der Waals surface area contributed by atoms with E-state index in [0.29, 0.717) is 0 Å². The van der Waals surface area contributed by atoms with E-state index in [1.54, 1.807) is 0 Å². The lowest BCUT2D eigenvalue weighted by Gasteiger charge is -2.29. The predicted molar refractivity (Wildman–Crippen MR) is 87.8 cm³/mol. The third kappa shape index (κ3) is 4.00. The van der Waals surface area contributed by atoms with Crippen LogP contribution in [-0.2, 0) is 6.42 Å². The second-order valence-electron chi connectivity index (χ2n) is 6.93. The fourth-order valence-corrected chi connectivity index (χ4v) is 3.79. The Morgan fingerprint density at radius 2 is 1.86 bits per heavy atom. The average molecular weight is 287 g/mol. The van der Waals surface area contributed by atoms with Gasteiger partial charge >= 0.3 is 0 Å². The number of ether oxygens (including phenoxy) is 1. The number of benzene rings is 1. The maximum atomic E-state index is 5.90. The molecule has 0 aromatic heterocycles. The Bertz CT molecular complexity index is 433. The molecule has 1 saturated heterocycles. The van der Waals surface area contributed by atoms with E-state index in [1.807, 2.05) is 0 Å². The van der Waals surface area contributed by atoms with Crippen molar-refractivity contribution in [2.45, 2.75) is 39.0 Å². The van der Waals surface area contributed by atoms with Gasteiger partial charge in [0.1, 0.15) is 5.75 Å². The normalized spacial score (nSPS) is 26.8. The summed E-state index contributed by atoms with van der Waals surface area (Å²) in [6.45, 7) is 5.67. The van der Waals surface area contributed by atoms with E-state index in [9.17, 15) is 0 Å². The van der Waals surface area contributed by atoms with Crippen molar-refractivity contribution in [3.63, 3.8) is 0 Å². The van der Waals surface area contributed by atoms with E-state index >= 15 is 0 Å². The highest BCUT2D eigenvalue weighted by Crippen LogP contribution is 2.49. The van der Waals surface area contributed by atoms with Crippen LogP contribution in [0.1, 0.15) is 38.2 Å². The maximum absolute atomic E-state index is 5.90. The first-order valence-electron chi connectivity index (χ1n) is 8.66. The molecule has 1 aliphatic carbocycles. The Morgan fingerprint density at radius 1 is 1.14 bits per heavy atom. The van der Waals surface area contributed by atoms with Crippen LogP contribution >= 0.6 is 0 Å². The summed E-state index contributed by atoms with van der Waals surface area (Å²) in [7, 11) is 2.25. The Kier molecular flexibility index (Phi) is 4.84. The Balaban J connectivity index is 1.35.